The first-order valence-electron chi connectivity index (χ1n) is 42.3. The number of hydrogen-bond acceptors (Lipinski definition) is 12. The number of aryl methyl sites for hydroxylation is 7. The Morgan fingerprint density at radius 1 is 0.339 bits per heavy atom. The molecule has 0 unspecified atom stereocenters. The van der Waals surface area contributed by atoms with Gasteiger partial charge in [0.15, 0.2) is 17.3 Å². The van der Waals surface area contributed by atoms with Crippen LogP contribution in [-0.4, -0.2) is 105 Å². The van der Waals surface area contributed by atoms with Crippen molar-refractivity contribution in [2.45, 2.75) is 152 Å². The predicted octanol–water partition coefficient (Wildman–Crippen LogP) is 20.1. The second-order valence-electron chi connectivity index (χ2n) is 31.3. The second kappa shape index (κ2) is 40.0. The van der Waals surface area contributed by atoms with Crippen molar-refractivity contribution in [1.29, 1.82) is 0 Å². The smallest absolute Gasteiger partial charge is 0.253 e. The zero-order valence-electron chi connectivity index (χ0n) is 70.8. The summed E-state index contributed by atoms with van der Waals surface area (Å²) in [4.78, 5) is 125. The third-order valence-corrected chi connectivity index (χ3v) is 23.2. The number of hydrogen-bond donors (Lipinski definition) is 0. The molecule has 4 aromatic heterocycles. The van der Waals surface area contributed by atoms with E-state index in [4.69, 9.17) is 0 Å². The lowest BCUT2D eigenvalue weighted by atomic mass is 9.98. The van der Waals surface area contributed by atoms with Crippen LogP contribution in [0.15, 0.2) is 243 Å². The first-order valence-corrected chi connectivity index (χ1v) is 42.3. The average Bonchev–Trinajstić information content (AvgIpc) is 1.65. The van der Waals surface area contributed by atoms with E-state index in [9.17, 15) is 38.4 Å². The number of carbonyl (C=O) groups is 8. The van der Waals surface area contributed by atoms with Crippen LogP contribution >= 0.6 is 0 Å². The number of Topliss-reactive ketones (excluding diaryl/α,β-unsaturated/α-hetero) is 3. The van der Waals surface area contributed by atoms with Crippen molar-refractivity contribution in [2.75, 3.05) is 52.8 Å². The van der Waals surface area contributed by atoms with Crippen LogP contribution in [0.4, 0.5) is 22.7 Å². The lowest BCUT2D eigenvalue weighted by Gasteiger charge is -2.18. The van der Waals surface area contributed by atoms with Gasteiger partial charge in [0.2, 0.25) is 23.6 Å². The van der Waals surface area contributed by atoms with Crippen molar-refractivity contribution in [3.63, 3.8) is 0 Å². The van der Waals surface area contributed by atoms with Crippen LogP contribution in [-0.2, 0) is 70.7 Å². The van der Waals surface area contributed by atoms with E-state index >= 15 is 0 Å². The molecule has 17 heteroatoms. The number of ketones is 3. The van der Waals surface area contributed by atoms with Crippen LogP contribution in [0.5, 0.6) is 0 Å². The molecule has 0 radical (unpaired) electrons. The van der Waals surface area contributed by atoms with Crippen LogP contribution in [0.2, 0.25) is 0 Å². The number of amides is 5. The van der Waals surface area contributed by atoms with Crippen molar-refractivity contribution in [3.05, 3.63) is 333 Å². The second-order valence-corrected chi connectivity index (χ2v) is 31.3. The first-order chi connectivity index (χ1) is 58.6. The molecule has 121 heavy (non-hydrogen) atoms. The summed E-state index contributed by atoms with van der Waals surface area (Å²) < 4.78 is 0. The van der Waals surface area contributed by atoms with Crippen LogP contribution in [0.1, 0.15) is 181 Å². The Morgan fingerprint density at radius 2 is 0.694 bits per heavy atom. The quantitative estimate of drug-likeness (QED) is 0.0549. The van der Waals surface area contributed by atoms with E-state index in [0.29, 0.717) is 76.3 Å². The molecule has 8 heterocycles. The minimum absolute atomic E-state index is 0.0203. The van der Waals surface area contributed by atoms with E-state index in [1.54, 1.807) is 30.5 Å². The van der Waals surface area contributed by atoms with E-state index in [-0.39, 0.29) is 46.9 Å². The summed E-state index contributed by atoms with van der Waals surface area (Å²) in [6.07, 6.45) is 16.3. The van der Waals surface area contributed by atoms with E-state index in [1.807, 2.05) is 251 Å². The molecular weight excluding hydrogens is 1500 g/mol. The van der Waals surface area contributed by atoms with E-state index < -0.39 is 0 Å². The van der Waals surface area contributed by atoms with Crippen molar-refractivity contribution in [1.82, 2.24) is 24.8 Å². The molecule has 0 aliphatic carbocycles. The van der Waals surface area contributed by atoms with Crippen molar-refractivity contribution in [3.8, 4) is 44.5 Å². The monoisotopic (exact) mass is 1610 g/mol. The molecule has 4 aliphatic heterocycles. The fourth-order valence-electron chi connectivity index (χ4n) is 16.1. The molecule has 0 saturated carbocycles. The summed E-state index contributed by atoms with van der Waals surface area (Å²) in [5.74, 6) is 1.10. The van der Waals surface area contributed by atoms with E-state index in [2.05, 4.69) is 68.5 Å². The Kier molecular flexibility index (Phi) is 28.3. The van der Waals surface area contributed by atoms with Gasteiger partial charge in [-0.2, -0.15) is 0 Å². The van der Waals surface area contributed by atoms with Crippen LogP contribution in [0, 0.1) is 27.7 Å². The van der Waals surface area contributed by atoms with Gasteiger partial charge >= 0.3 is 0 Å². The number of anilines is 4. The van der Waals surface area contributed by atoms with Gasteiger partial charge in [-0.1, -0.05) is 161 Å². The zero-order chi connectivity index (χ0) is 85.2. The highest BCUT2D eigenvalue weighted by molar-refractivity contribution is 6.01. The van der Waals surface area contributed by atoms with Crippen molar-refractivity contribution < 1.29 is 38.4 Å². The summed E-state index contributed by atoms with van der Waals surface area (Å²) in [7, 11) is 1.80. The summed E-state index contributed by atoms with van der Waals surface area (Å²) in [6, 6.07) is 72.1. The number of benzene rings is 8. The minimum Gasteiger partial charge on any atom is -0.337 e. The molecule has 0 atom stereocenters. The molecule has 4 aliphatic rings. The molecule has 0 fully saturated rings. The highest BCUT2D eigenvalue weighted by Gasteiger charge is 2.29. The number of rotatable bonds is 23. The predicted molar refractivity (Wildman–Crippen MR) is 483 cm³/mol. The fraction of sp³-hybridized carbons (Fsp3) is 0.269. The SMILES string of the molecule is CCC(=O)N1CCc2cc(-c3ccc(C(=O)CCc4ccc(C)nc4)cc3)ccc21.CCC(=O)N1CCc2cc(-c3ccc(C(=O)CCc4ccc(C)nc4C)cc3)ccc21.CCC(=O)N1CCc2cc(-c3ccc(C(=O)CCc4cccnc4C)cc3)ccc21.CCC(=O)N1CCc2cc(-c3ccc(C(=O)N(C)Cc4cccnc4)cc3)ccc21. The van der Waals surface area contributed by atoms with E-state index in [1.165, 1.54) is 22.3 Å². The van der Waals surface area contributed by atoms with Crippen LogP contribution in [0.3, 0.4) is 0 Å². The molecule has 16 rings (SSSR count). The van der Waals surface area contributed by atoms with Crippen molar-refractivity contribution >= 4 is 69.6 Å². The Balaban J connectivity index is 0.000000139. The Hall–Kier alpha value is -13.3. The average molecular weight is 1610 g/mol. The van der Waals surface area contributed by atoms with Gasteiger partial charge in [-0.05, 0) is 247 Å². The highest BCUT2D eigenvalue weighted by atomic mass is 16.2. The van der Waals surface area contributed by atoms with Gasteiger partial charge < -0.3 is 24.5 Å². The summed E-state index contributed by atoms with van der Waals surface area (Å²) >= 11 is 0. The normalized spacial score (nSPS) is 12.6. The number of nitrogens with zero attached hydrogens (tertiary/aromatic N) is 9. The maximum Gasteiger partial charge on any atom is 0.253 e. The number of pyridine rings is 4. The first kappa shape index (κ1) is 85.6. The van der Waals surface area contributed by atoms with Gasteiger partial charge in [0, 0.05) is 177 Å². The van der Waals surface area contributed by atoms with Gasteiger partial charge in [0.1, 0.15) is 0 Å². The van der Waals surface area contributed by atoms with Gasteiger partial charge in [-0.25, -0.2) is 0 Å². The molecule has 0 bridgehead atoms. The summed E-state index contributed by atoms with van der Waals surface area (Å²) in [5, 5.41) is 0. The van der Waals surface area contributed by atoms with Gasteiger partial charge in [-0.15, -0.1) is 0 Å². The lowest BCUT2D eigenvalue weighted by Crippen LogP contribution is -2.27. The molecular formula is C104H105N9O8. The highest BCUT2D eigenvalue weighted by Crippen LogP contribution is 2.38. The topological polar surface area (TPSA) is 204 Å². The molecule has 0 spiro atoms. The largest absolute Gasteiger partial charge is 0.337 e. The minimum atomic E-state index is -0.0203. The fourth-order valence-corrected chi connectivity index (χ4v) is 16.1. The van der Waals surface area contributed by atoms with Crippen molar-refractivity contribution in [2.24, 2.45) is 0 Å². The molecule has 614 valence electrons. The molecule has 5 amide bonds. The summed E-state index contributed by atoms with van der Waals surface area (Å²) in [5.41, 5.74) is 28.9. The maximum absolute atomic E-state index is 12.7. The Bertz CT molecular complexity index is 5770. The molecule has 0 N–H and O–H groups in total. The third kappa shape index (κ3) is 21.1. The lowest BCUT2D eigenvalue weighted by molar-refractivity contribution is -0.119. The standard InChI is InChI=1S/C27H28N2O2.2C26H26N2O2.C25H25N3O2/c1-4-27(31)29-16-15-24-17-23(11-13-25(24)29)21-7-9-22(10-8-21)26(30)14-12-20-6-5-18(2)28-19(20)3;1-3-26(30)28-15-14-23-16-22(11-12-24(23)28)20-7-9-21(10-8-20)25(29)13-6-19-5-4-18(2)27-17-19;1-3-26(30)28-16-14-23-17-22(10-12-24(23)28)20-6-8-21(9-7-20)25(29)13-11-19-5-4-15-27-18(19)2;1-3-24(29)28-14-12-22-15-21(10-11-23(22)28)19-6-8-20(9-7-19)25(30)27(2)17-18-5-4-13-26-16-18/h5-11,13,17H,4,12,14-16H2,1-3H3;4-5,7-12,16-17H,3,6,13-15H2,1-2H3;4-10,12,15,17H,3,11,13-14,16H2,1-2H3;4-11,13,15-16H,3,12,14,17H2,1-2H3. The Labute approximate surface area is 710 Å². The Morgan fingerprint density at radius 3 is 1.04 bits per heavy atom. The number of carbonyl (C=O) groups excluding carboxylic acids is 8. The third-order valence-electron chi connectivity index (χ3n) is 23.2. The van der Waals surface area contributed by atoms with Gasteiger partial charge in [0.25, 0.3) is 5.91 Å². The molecule has 12 aromatic rings. The molecule has 17 nitrogen and oxygen atoms in total. The number of aromatic nitrogens is 4. The van der Waals surface area contributed by atoms with Crippen LogP contribution < -0.4 is 19.6 Å². The molecule has 0 saturated heterocycles. The number of fused-ring (bicyclic) bond motifs is 4. The molecule has 8 aromatic carbocycles. The summed E-state index contributed by atoms with van der Waals surface area (Å²) in [6.45, 7) is 19.0. The zero-order valence-corrected chi connectivity index (χ0v) is 70.8. The van der Waals surface area contributed by atoms with E-state index in [0.717, 1.165) is 181 Å². The maximum atomic E-state index is 12.7. The van der Waals surface area contributed by atoms with Crippen LogP contribution in [0.25, 0.3) is 44.5 Å². The van der Waals surface area contributed by atoms with Gasteiger partial charge in [-0.3, -0.25) is 58.3 Å². The van der Waals surface area contributed by atoms with Gasteiger partial charge in [0.05, 0.1) is 0 Å².